The van der Waals surface area contributed by atoms with Gasteiger partial charge in [-0.3, -0.25) is 9.36 Å². The van der Waals surface area contributed by atoms with Crippen LogP contribution in [0.2, 0.25) is 5.02 Å². The van der Waals surface area contributed by atoms with E-state index in [1.165, 1.54) is 24.1 Å². The number of halogens is 1. The maximum absolute atomic E-state index is 6.38. The molecular formula is C15H22ClN5. The Balaban J connectivity index is 1.78. The number of nitrogens with one attached hydrogen (secondary N) is 1. The SMILES string of the molecule is CCn1nc(C)c(Cl)c1Cn1ncc(CNC2CC2)c1C. The van der Waals surface area contributed by atoms with E-state index < -0.39 is 0 Å². The lowest BCUT2D eigenvalue weighted by Crippen LogP contribution is -2.16. The van der Waals surface area contributed by atoms with Crippen LogP contribution in [0.25, 0.3) is 0 Å². The van der Waals surface area contributed by atoms with Gasteiger partial charge in [0, 0.05) is 30.4 Å². The Morgan fingerprint density at radius 1 is 1.33 bits per heavy atom. The normalized spacial score (nSPS) is 14.9. The number of nitrogens with zero attached hydrogens (tertiary/aromatic N) is 4. The lowest BCUT2D eigenvalue weighted by atomic mass is 10.2. The van der Waals surface area contributed by atoms with E-state index in [1.54, 1.807) is 0 Å². The van der Waals surface area contributed by atoms with Crippen molar-refractivity contribution in [1.82, 2.24) is 24.9 Å². The molecule has 0 saturated heterocycles. The Hall–Kier alpha value is -1.33. The Morgan fingerprint density at radius 2 is 2.10 bits per heavy atom. The largest absolute Gasteiger partial charge is 0.310 e. The van der Waals surface area contributed by atoms with Crippen molar-refractivity contribution in [3.05, 3.63) is 33.9 Å². The monoisotopic (exact) mass is 307 g/mol. The summed E-state index contributed by atoms with van der Waals surface area (Å²) in [6, 6.07) is 0.714. The molecule has 0 aromatic carbocycles. The highest BCUT2D eigenvalue weighted by atomic mass is 35.5. The fourth-order valence-electron chi connectivity index (χ4n) is 2.52. The standard InChI is InChI=1S/C15H22ClN5/c1-4-20-14(15(16)10(2)19-20)9-21-11(3)12(8-18-21)7-17-13-5-6-13/h8,13,17H,4-7,9H2,1-3H3. The van der Waals surface area contributed by atoms with Crippen molar-refractivity contribution >= 4 is 11.6 Å². The van der Waals surface area contributed by atoms with Crippen molar-refractivity contribution in [3.63, 3.8) is 0 Å². The van der Waals surface area contributed by atoms with Gasteiger partial charge in [-0.15, -0.1) is 0 Å². The first-order chi connectivity index (χ1) is 10.1. The van der Waals surface area contributed by atoms with Crippen molar-refractivity contribution in [1.29, 1.82) is 0 Å². The molecule has 1 saturated carbocycles. The van der Waals surface area contributed by atoms with Gasteiger partial charge >= 0.3 is 0 Å². The maximum atomic E-state index is 6.38. The average molecular weight is 308 g/mol. The molecular weight excluding hydrogens is 286 g/mol. The highest BCUT2D eigenvalue weighted by Crippen LogP contribution is 2.23. The van der Waals surface area contributed by atoms with Crippen LogP contribution < -0.4 is 5.32 Å². The quantitative estimate of drug-likeness (QED) is 0.892. The zero-order valence-corrected chi connectivity index (χ0v) is 13.6. The Morgan fingerprint density at radius 3 is 2.76 bits per heavy atom. The third kappa shape index (κ3) is 2.99. The third-order valence-corrected chi connectivity index (χ3v) is 4.61. The number of rotatable bonds is 6. The molecule has 21 heavy (non-hydrogen) atoms. The van der Waals surface area contributed by atoms with E-state index in [9.17, 15) is 0 Å². The molecule has 0 amide bonds. The first-order valence-corrected chi connectivity index (χ1v) is 7.94. The van der Waals surface area contributed by atoms with Crippen LogP contribution in [0.3, 0.4) is 0 Å². The average Bonchev–Trinajstić information content (AvgIpc) is 3.19. The highest BCUT2D eigenvalue weighted by Gasteiger charge is 2.21. The molecule has 114 valence electrons. The van der Waals surface area contributed by atoms with Gasteiger partial charge in [0.25, 0.3) is 0 Å². The second kappa shape index (κ2) is 5.81. The molecule has 0 bridgehead atoms. The summed E-state index contributed by atoms with van der Waals surface area (Å²) in [6.45, 7) is 8.52. The molecule has 0 aliphatic heterocycles. The summed E-state index contributed by atoms with van der Waals surface area (Å²) in [4.78, 5) is 0. The van der Waals surface area contributed by atoms with Crippen LogP contribution in [0.15, 0.2) is 6.20 Å². The molecule has 5 nitrogen and oxygen atoms in total. The van der Waals surface area contributed by atoms with Crippen molar-refractivity contribution in [3.8, 4) is 0 Å². The van der Waals surface area contributed by atoms with E-state index in [0.717, 1.165) is 29.5 Å². The summed E-state index contributed by atoms with van der Waals surface area (Å²) in [7, 11) is 0. The van der Waals surface area contributed by atoms with E-state index in [0.29, 0.717) is 12.6 Å². The van der Waals surface area contributed by atoms with Crippen molar-refractivity contribution in [2.24, 2.45) is 0 Å². The van der Waals surface area contributed by atoms with Crippen LogP contribution in [0.5, 0.6) is 0 Å². The Labute approximate surface area is 130 Å². The topological polar surface area (TPSA) is 47.7 Å². The van der Waals surface area contributed by atoms with Crippen LogP contribution >= 0.6 is 11.6 Å². The summed E-state index contributed by atoms with van der Waals surface area (Å²) in [5, 5.41) is 13.3. The number of hydrogen-bond donors (Lipinski definition) is 1. The Kier molecular flexibility index (Phi) is 4.04. The molecule has 1 fully saturated rings. The lowest BCUT2D eigenvalue weighted by Gasteiger charge is -2.08. The number of aryl methyl sites for hydroxylation is 2. The fourth-order valence-corrected chi connectivity index (χ4v) is 2.72. The summed E-state index contributed by atoms with van der Waals surface area (Å²) in [6.07, 6.45) is 4.56. The second-order valence-corrected chi connectivity index (χ2v) is 6.11. The minimum Gasteiger partial charge on any atom is -0.310 e. The van der Waals surface area contributed by atoms with Crippen molar-refractivity contribution < 1.29 is 0 Å². The molecule has 2 aromatic rings. The second-order valence-electron chi connectivity index (χ2n) is 5.73. The van der Waals surface area contributed by atoms with Crippen molar-refractivity contribution in [2.75, 3.05) is 0 Å². The molecule has 0 unspecified atom stereocenters. The van der Waals surface area contributed by atoms with Crippen LogP contribution in [0, 0.1) is 13.8 Å². The van der Waals surface area contributed by atoms with Crippen LogP contribution in [-0.2, 0) is 19.6 Å². The van der Waals surface area contributed by atoms with E-state index >= 15 is 0 Å². The highest BCUT2D eigenvalue weighted by molar-refractivity contribution is 6.31. The predicted octanol–water partition coefficient (Wildman–Crippen LogP) is 2.67. The minimum absolute atomic E-state index is 0.669. The van der Waals surface area contributed by atoms with E-state index in [-0.39, 0.29) is 0 Å². The predicted molar refractivity (Wildman–Crippen MR) is 83.6 cm³/mol. The van der Waals surface area contributed by atoms with E-state index in [1.807, 2.05) is 22.5 Å². The van der Waals surface area contributed by atoms with Gasteiger partial charge in [0.05, 0.1) is 29.2 Å². The van der Waals surface area contributed by atoms with Gasteiger partial charge < -0.3 is 5.32 Å². The van der Waals surface area contributed by atoms with Gasteiger partial charge in [-0.2, -0.15) is 10.2 Å². The zero-order chi connectivity index (χ0) is 15.0. The maximum Gasteiger partial charge on any atom is 0.0866 e. The van der Waals surface area contributed by atoms with Crippen LogP contribution in [0.4, 0.5) is 0 Å². The summed E-state index contributed by atoms with van der Waals surface area (Å²) in [5.74, 6) is 0. The van der Waals surface area contributed by atoms with E-state index in [4.69, 9.17) is 11.6 Å². The summed E-state index contributed by atoms with van der Waals surface area (Å²) >= 11 is 6.38. The summed E-state index contributed by atoms with van der Waals surface area (Å²) in [5.41, 5.74) is 4.37. The zero-order valence-electron chi connectivity index (χ0n) is 12.9. The van der Waals surface area contributed by atoms with Gasteiger partial charge in [-0.25, -0.2) is 0 Å². The summed E-state index contributed by atoms with van der Waals surface area (Å²) < 4.78 is 3.97. The fraction of sp³-hybridized carbons (Fsp3) is 0.600. The smallest absolute Gasteiger partial charge is 0.0866 e. The van der Waals surface area contributed by atoms with Gasteiger partial charge in [0.2, 0.25) is 0 Å². The molecule has 1 aliphatic rings. The number of aromatic nitrogens is 4. The third-order valence-electron chi connectivity index (χ3n) is 4.12. The molecule has 6 heteroatoms. The molecule has 0 spiro atoms. The molecule has 1 aliphatic carbocycles. The molecule has 0 atom stereocenters. The molecule has 2 heterocycles. The first kappa shape index (κ1) is 14.6. The van der Waals surface area contributed by atoms with Crippen molar-refractivity contribution in [2.45, 2.75) is 59.3 Å². The van der Waals surface area contributed by atoms with Gasteiger partial charge in [-0.1, -0.05) is 11.6 Å². The van der Waals surface area contributed by atoms with Gasteiger partial charge in [0.15, 0.2) is 0 Å². The molecule has 3 rings (SSSR count). The molecule has 1 N–H and O–H groups in total. The van der Waals surface area contributed by atoms with Gasteiger partial charge in [-0.05, 0) is 33.6 Å². The molecule has 2 aromatic heterocycles. The van der Waals surface area contributed by atoms with Crippen LogP contribution in [0.1, 0.15) is 42.4 Å². The van der Waals surface area contributed by atoms with Crippen LogP contribution in [-0.4, -0.2) is 25.6 Å². The number of hydrogen-bond acceptors (Lipinski definition) is 3. The first-order valence-electron chi connectivity index (χ1n) is 7.56. The van der Waals surface area contributed by atoms with E-state index in [2.05, 4.69) is 29.4 Å². The minimum atomic E-state index is 0.669. The lowest BCUT2D eigenvalue weighted by molar-refractivity contribution is 0.567. The van der Waals surface area contributed by atoms with Gasteiger partial charge in [0.1, 0.15) is 0 Å². The molecule has 0 radical (unpaired) electrons. The Bertz CT molecular complexity index is 639.